The van der Waals surface area contributed by atoms with E-state index in [0.717, 1.165) is 25.3 Å². The van der Waals surface area contributed by atoms with Crippen molar-refractivity contribution < 1.29 is 4.74 Å². The maximum absolute atomic E-state index is 5.12. The van der Waals surface area contributed by atoms with E-state index in [0.29, 0.717) is 6.04 Å². The van der Waals surface area contributed by atoms with Crippen LogP contribution in [0.2, 0.25) is 0 Å². The van der Waals surface area contributed by atoms with E-state index in [4.69, 9.17) is 4.74 Å². The topological polar surface area (TPSA) is 34.1 Å². The minimum absolute atomic E-state index is 0.446. The van der Waals surface area contributed by atoms with E-state index in [2.05, 4.69) is 17.2 Å². The Hall–Kier alpha value is -0.450. The summed E-state index contributed by atoms with van der Waals surface area (Å²) in [5.74, 6) is 0. The Morgan fingerprint density at radius 2 is 2.43 bits per heavy atom. The van der Waals surface area contributed by atoms with Gasteiger partial charge in [0.1, 0.15) is 0 Å². The van der Waals surface area contributed by atoms with Crippen LogP contribution in [0, 0.1) is 6.92 Å². The SMILES string of the molecule is CCC(COC)NCc1scnc1C. The number of aryl methyl sites for hydroxylation is 1. The van der Waals surface area contributed by atoms with Gasteiger partial charge in [-0.25, -0.2) is 4.98 Å². The van der Waals surface area contributed by atoms with Gasteiger partial charge in [0, 0.05) is 24.6 Å². The zero-order valence-electron chi connectivity index (χ0n) is 9.04. The van der Waals surface area contributed by atoms with Crippen LogP contribution >= 0.6 is 11.3 Å². The van der Waals surface area contributed by atoms with E-state index in [-0.39, 0.29) is 0 Å². The van der Waals surface area contributed by atoms with E-state index in [1.807, 2.05) is 12.4 Å². The van der Waals surface area contributed by atoms with Gasteiger partial charge in [0.25, 0.3) is 0 Å². The highest BCUT2D eigenvalue weighted by Crippen LogP contribution is 2.11. The van der Waals surface area contributed by atoms with E-state index in [9.17, 15) is 0 Å². The average molecular weight is 214 g/mol. The lowest BCUT2D eigenvalue weighted by Gasteiger charge is -2.15. The van der Waals surface area contributed by atoms with Gasteiger partial charge in [-0.15, -0.1) is 11.3 Å². The van der Waals surface area contributed by atoms with Gasteiger partial charge >= 0.3 is 0 Å². The van der Waals surface area contributed by atoms with Crippen molar-refractivity contribution in [2.45, 2.75) is 32.9 Å². The molecule has 0 spiro atoms. The van der Waals surface area contributed by atoms with Crippen molar-refractivity contribution in [2.75, 3.05) is 13.7 Å². The maximum atomic E-state index is 5.12. The van der Waals surface area contributed by atoms with Crippen molar-refractivity contribution in [1.29, 1.82) is 0 Å². The molecular formula is C10H18N2OS. The molecule has 0 amide bonds. The quantitative estimate of drug-likeness (QED) is 0.786. The summed E-state index contributed by atoms with van der Waals surface area (Å²) in [5, 5.41) is 3.46. The molecule has 0 saturated heterocycles. The Labute approximate surface area is 89.5 Å². The minimum Gasteiger partial charge on any atom is -0.383 e. The smallest absolute Gasteiger partial charge is 0.0798 e. The monoisotopic (exact) mass is 214 g/mol. The van der Waals surface area contributed by atoms with Crippen LogP contribution in [0.1, 0.15) is 23.9 Å². The van der Waals surface area contributed by atoms with Gasteiger partial charge in [-0.05, 0) is 13.3 Å². The van der Waals surface area contributed by atoms with Crippen molar-refractivity contribution >= 4 is 11.3 Å². The molecule has 4 heteroatoms. The number of hydrogen-bond donors (Lipinski definition) is 1. The fourth-order valence-electron chi connectivity index (χ4n) is 1.26. The molecule has 14 heavy (non-hydrogen) atoms. The first kappa shape index (κ1) is 11.6. The molecule has 3 nitrogen and oxygen atoms in total. The number of rotatable bonds is 6. The van der Waals surface area contributed by atoms with E-state index in [1.54, 1.807) is 18.4 Å². The summed E-state index contributed by atoms with van der Waals surface area (Å²) in [6.07, 6.45) is 1.09. The molecule has 1 aromatic rings. The van der Waals surface area contributed by atoms with Crippen LogP contribution in [0.4, 0.5) is 0 Å². The number of ether oxygens (including phenoxy) is 1. The highest BCUT2D eigenvalue weighted by atomic mass is 32.1. The molecule has 0 saturated carbocycles. The highest BCUT2D eigenvalue weighted by Gasteiger charge is 2.06. The summed E-state index contributed by atoms with van der Waals surface area (Å²) in [4.78, 5) is 5.53. The lowest BCUT2D eigenvalue weighted by molar-refractivity contribution is 0.164. The number of methoxy groups -OCH3 is 1. The predicted molar refractivity (Wildman–Crippen MR) is 59.6 cm³/mol. The molecule has 0 aliphatic heterocycles. The fourth-order valence-corrected chi connectivity index (χ4v) is 1.98. The summed E-state index contributed by atoms with van der Waals surface area (Å²) in [7, 11) is 1.74. The summed E-state index contributed by atoms with van der Waals surface area (Å²) in [6, 6.07) is 0.446. The Kier molecular flexibility index (Phi) is 5.07. The number of aromatic nitrogens is 1. The molecule has 1 atom stereocenters. The lowest BCUT2D eigenvalue weighted by atomic mass is 10.2. The Morgan fingerprint density at radius 3 is 2.93 bits per heavy atom. The average Bonchev–Trinajstić information content (AvgIpc) is 2.59. The molecule has 1 rings (SSSR count). The summed E-state index contributed by atoms with van der Waals surface area (Å²) in [5.41, 5.74) is 3.03. The van der Waals surface area contributed by atoms with Gasteiger partial charge in [0.15, 0.2) is 0 Å². The lowest BCUT2D eigenvalue weighted by Crippen LogP contribution is -2.31. The third-order valence-electron chi connectivity index (χ3n) is 2.26. The number of thiazole rings is 1. The summed E-state index contributed by atoms with van der Waals surface area (Å²) in [6.45, 7) is 5.88. The zero-order chi connectivity index (χ0) is 10.4. The Balaban J connectivity index is 2.35. The molecule has 0 aliphatic carbocycles. The highest BCUT2D eigenvalue weighted by molar-refractivity contribution is 7.09. The first-order valence-electron chi connectivity index (χ1n) is 4.89. The van der Waals surface area contributed by atoms with Crippen LogP contribution in [-0.4, -0.2) is 24.7 Å². The fraction of sp³-hybridized carbons (Fsp3) is 0.700. The first-order valence-corrected chi connectivity index (χ1v) is 5.77. The number of nitrogens with one attached hydrogen (secondary N) is 1. The van der Waals surface area contributed by atoms with Gasteiger partial charge < -0.3 is 10.1 Å². The maximum Gasteiger partial charge on any atom is 0.0798 e. The molecule has 0 aliphatic rings. The van der Waals surface area contributed by atoms with Gasteiger partial charge in [0.2, 0.25) is 0 Å². The second-order valence-electron chi connectivity index (χ2n) is 3.30. The van der Waals surface area contributed by atoms with E-state index < -0.39 is 0 Å². The third-order valence-corrected chi connectivity index (χ3v) is 3.19. The Morgan fingerprint density at radius 1 is 1.64 bits per heavy atom. The Bertz CT molecular complexity index is 262. The standard InChI is InChI=1S/C10H18N2OS/c1-4-9(6-13-3)11-5-10-8(2)12-7-14-10/h7,9,11H,4-6H2,1-3H3. The second-order valence-corrected chi connectivity index (χ2v) is 4.24. The summed E-state index contributed by atoms with van der Waals surface area (Å²) >= 11 is 1.71. The van der Waals surface area contributed by atoms with Gasteiger partial charge in [0.05, 0.1) is 17.8 Å². The largest absolute Gasteiger partial charge is 0.383 e. The van der Waals surface area contributed by atoms with Crippen molar-refractivity contribution in [3.05, 3.63) is 16.1 Å². The molecule has 80 valence electrons. The van der Waals surface area contributed by atoms with Crippen molar-refractivity contribution in [2.24, 2.45) is 0 Å². The molecule has 0 bridgehead atoms. The van der Waals surface area contributed by atoms with Crippen molar-refractivity contribution in [3.8, 4) is 0 Å². The summed E-state index contributed by atoms with van der Waals surface area (Å²) < 4.78 is 5.12. The van der Waals surface area contributed by atoms with Gasteiger partial charge in [-0.3, -0.25) is 0 Å². The second kappa shape index (κ2) is 6.11. The van der Waals surface area contributed by atoms with Crippen molar-refractivity contribution in [3.63, 3.8) is 0 Å². The predicted octanol–water partition coefficient (Wildman–Crippen LogP) is 1.97. The van der Waals surface area contributed by atoms with Crippen LogP contribution in [-0.2, 0) is 11.3 Å². The van der Waals surface area contributed by atoms with Crippen LogP contribution in [0.15, 0.2) is 5.51 Å². The molecule has 1 heterocycles. The first-order chi connectivity index (χ1) is 6.77. The van der Waals surface area contributed by atoms with Crippen molar-refractivity contribution in [1.82, 2.24) is 10.3 Å². The van der Waals surface area contributed by atoms with Crippen LogP contribution in [0.5, 0.6) is 0 Å². The number of hydrogen-bond acceptors (Lipinski definition) is 4. The number of nitrogens with zero attached hydrogens (tertiary/aromatic N) is 1. The van der Waals surface area contributed by atoms with Crippen LogP contribution in [0.25, 0.3) is 0 Å². The molecule has 1 aromatic heterocycles. The van der Waals surface area contributed by atoms with Crippen LogP contribution in [0.3, 0.4) is 0 Å². The normalized spacial score (nSPS) is 13.1. The molecule has 0 aromatic carbocycles. The molecule has 1 N–H and O–H groups in total. The van der Waals surface area contributed by atoms with Gasteiger partial charge in [-0.1, -0.05) is 6.92 Å². The zero-order valence-corrected chi connectivity index (χ0v) is 9.86. The van der Waals surface area contributed by atoms with E-state index >= 15 is 0 Å². The van der Waals surface area contributed by atoms with Crippen LogP contribution < -0.4 is 5.32 Å². The third kappa shape index (κ3) is 3.36. The van der Waals surface area contributed by atoms with Gasteiger partial charge in [-0.2, -0.15) is 0 Å². The van der Waals surface area contributed by atoms with E-state index in [1.165, 1.54) is 4.88 Å². The minimum atomic E-state index is 0.446. The molecule has 0 fully saturated rings. The molecule has 0 radical (unpaired) electrons. The molecule has 1 unspecified atom stereocenters. The molecular weight excluding hydrogens is 196 g/mol.